The van der Waals surface area contributed by atoms with Crippen LogP contribution in [0.3, 0.4) is 0 Å². The molecule has 0 spiro atoms. The molecule has 0 saturated carbocycles. The predicted molar refractivity (Wildman–Crippen MR) is 82.0 cm³/mol. The number of hydrogen-bond acceptors (Lipinski definition) is 3. The van der Waals surface area contributed by atoms with Crippen molar-refractivity contribution < 1.29 is 5.11 Å². The van der Waals surface area contributed by atoms with Gasteiger partial charge in [0.15, 0.2) is 0 Å². The van der Waals surface area contributed by atoms with E-state index in [0.717, 1.165) is 22.5 Å². The molecule has 0 bridgehead atoms. The summed E-state index contributed by atoms with van der Waals surface area (Å²) in [6, 6.07) is 7.88. The molecule has 0 radical (unpaired) electrons. The maximum Gasteiger partial charge on any atom is 0.0914 e. The maximum absolute atomic E-state index is 10.1. The summed E-state index contributed by atoms with van der Waals surface area (Å²) in [4.78, 5) is 0. The molecule has 1 aliphatic rings. The van der Waals surface area contributed by atoms with E-state index in [1.54, 1.807) is 0 Å². The number of aliphatic hydroxyl groups excluding tert-OH is 1. The lowest BCUT2D eigenvalue weighted by molar-refractivity contribution is 0.172. The molecule has 1 aromatic rings. The minimum atomic E-state index is -0.416. The van der Waals surface area contributed by atoms with Crippen LogP contribution < -0.4 is 5.32 Å². The third-order valence-corrected chi connectivity index (χ3v) is 4.89. The Balaban J connectivity index is 1.72. The number of aliphatic hydroxyl groups is 1. The van der Waals surface area contributed by atoms with Gasteiger partial charge in [0.2, 0.25) is 0 Å². The highest BCUT2D eigenvalue weighted by atomic mass is 79.9. The largest absolute Gasteiger partial charge is 0.387 e. The van der Waals surface area contributed by atoms with Crippen LogP contribution in [0.4, 0.5) is 0 Å². The maximum atomic E-state index is 10.1. The minimum absolute atomic E-state index is 0.416. The van der Waals surface area contributed by atoms with E-state index >= 15 is 0 Å². The second-order valence-electron chi connectivity index (χ2n) is 4.78. The summed E-state index contributed by atoms with van der Waals surface area (Å²) >= 11 is 5.48. The Labute approximate surface area is 122 Å². The summed E-state index contributed by atoms with van der Waals surface area (Å²) in [5.74, 6) is 3.38. The van der Waals surface area contributed by atoms with Crippen molar-refractivity contribution in [1.29, 1.82) is 0 Å². The topological polar surface area (TPSA) is 32.3 Å². The fourth-order valence-corrected chi connectivity index (χ4v) is 3.83. The van der Waals surface area contributed by atoms with Crippen molar-refractivity contribution in [3.8, 4) is 0 Å². The van der Waals surface area contributed by atoms with Crippen LogP contribution in [-0.2, 0) is 0 Å². The number of hydrogen-bond donors (Lipinski definition) is 2. The van der Waals surface area contributed by atoms with E-state index < -0.39 is 6.10 Å². The van der Waals surface area contributed by atoms with Crippen LogP contribution in [0.25, 0.3) is 0 Å². The van der Waals surface area contributed by atoms with Gasteiger partial charge in [-0.2, -0.15) is 11.8 Å². The van der Waals surface area contributed by atoms with E-state index in [9.17, 15) is 5.11 Å². The van der Waals surface area contributed by atoms with E-state index in [1.165, 1.54) is 24.3 Å². The molecule has 1 aromatic carbocycles. The van der Waals surface area contributed by atoms with Gasteiger partial charge in [0.05, 0.1) is 6.10 Å². The second-order valence-corrected chi connectivity index (χ2v) is 6.93. The molecular weight excluding hydrogens is 310 g/mol. The molecule has 1 aliphatic heterocycles. The fourth-order valence-electron chi connectivity index (χ4n) is 2.21. The molecule has 1 unspecified atom stereocenters. The van der Waals surface area contributed by atoms with Crippen molar-refractivity contribution in [3.05, 3.63) is 34.3 Å². The molecule has 1 atom stereocenters. The summed E-state index contributed by atoms with van der Waals surface area (Å²) in [5, 5.41) is 13.5. The number of halogens is 1. The zero-order valence-electron chi connectivity index (χ0n) is 10.4. The Hall–Kier alpha value is -0.0300. The van der Waals surface area contributed by atoms with E-state index in [-0.39, 0.29) is 0 Å². The number of nitrogens with one attached hydrogen (secondary N) is 1. The van der Waals surface area contributed by atoms with Crippen molar-refractivity contribution in [2.45, 2.75) is 18.9 Å². The van der Waals surface area contributed by atoms with E-state index in [1.807, 2.05) is 24.3 Å². The Morgan fingerprint density at radius 1 is 1.39 bits per heavy atom. The van der Waals surface area contributed by atoms with Gasteiger partial charge in [-0.1, -0.05) is 28.1 Å². The second kappa shape index (κ2) is 7.53. The average molecular weight is 330 g/mol. The van der Waals surface area contributed by atoms with Gasteiger partial charge in [0.25, 0.3) is 0 Å². The van der Waals surface area contributed by atoms with Crippen molar-refractivity contribution in [3.63, 3.8) is 0 Å². The molecule has 1 heterocycles. The first-order chi connectivity index (χ1) is 8.75. The summed E-state index contributed by atoms with van der Waals surface area (Å²) in [5.41, 5.74) is 0.969. The highest BCUT2D eigenvalue weighted by Gasteiger charge is 2.14. The van der Waals surface area contributed by atoms with Gasteiger partial charge < -0.3 is 10.4 Å². The molecule has 0 amide bonds. The fraction of sp³-hybridized carbons (Fsp3) is 0.571. The minimum Gasteiger partial charge on any atom is -0.387 e. The first kappa shape index (κ1) is 14.4. The Morgan fingerprint density at radius 2 is 2.17 bits per heavy atom. The van der Waals surface area contributed by atoms with Crippen molar-refractivity contribution in [1.82, 2.24) is 5.32 Å². The molecule has 2 N–H and O–H groups in total. The third kappa shape index (κ3) is 4.57. The zero-order valence-corrected chi connectivity index (χ0v) is 12.8. The van der Waals surface area contributed by atoms with Gasteiger partial charge in [-0.05, 0) is 54.5 Å². The van der Waals surface area contributed by atoms with E-state index in [0.29, 0.717) is 6.54 Å². The van der Waals surface area contributed by atoms with Crippen LogP contribution in [0.15, 0.2) is 28.7 Å². The molecule has 4 heteroatoms. The standard InChI is InChI=1S/C14H20BrNOS/c15-13-3-1-2-12(8-13)14(17)10-16-9-11-4-6-18-7-5-11/h1-3,8,11,14,16-17H,4-7,9-10H2. The van der Waals surface area contributed by atoms with Crippen LogP contribution in [0, 0.1) is 5.92 Å². The average Bonchev–Trinajstić information content (AvgIpc) is 2.40. The lowest BCUT2D eigenvalue weighted by Crippen LogP contribution is -2.29. The van der Waals surface area contributed by atoms with Gasteiger partial charge in [-0.25, -0.2) is 0 Å². The van der Waals surface area contributed by atoms with Crippen molar-refractivity contribution >= 4 is 27.7 Å². The lowest BCUT2D eigenvalue weighted by atomic mass is 10.0. The van der Waals surface area contributed by atoms with Gasteiger partial charge in [-0.15, -0.1) is 0 Å². The van der Waals surface area contributed by atoms with Crippen LogP contribution >= 0.6 is 27.7 Å². The van der Waals surface area contributed by atoms with Crippen LogP contribution in [0.2, 0.25) is 0 Å². The predicted octanol–water partition coefficient (Wildman–Crippen LogP) is 3.22. The normalized spacial score (nSPS) is 18.8. The monoisotopic (exact) mass is 329 g/mol. The van der Waals surface area contributed by atoms with Crippen molar-refractivity contribution in [2.75, 3.05) is 24.6 Å². The molecule has 18 heavy (non-hydrogen) atoms. The SMILES string of the molecule is OC(CNCC1CCSCC1)c1cccc(Br)c1. The first-order valence-electron chi connectivity index (χ1n) is 6.47. The molecule has 2 rings (SSSR count). The highest BCUT2D eigenvalue weighted by molar-refractivity contribution is 9.10. The van der Waals surface area contributed by atoms with Crippen LogP contribution in [0.5, 0.6) is 0 Å². The van der Waals surface area contributed by atoms with Gasteiger partial charge >= 0.3 is 0 Å². The number of thioether (sulfide) groups is 1. The molecule has 1 saturated heterocycles. The number of benzene rings is 1. The smallest absolute Gasteiger partial charge is 0.0914 e. The summed E-state index contributed by atoms with van der Waals surface area (Å²) in [6.07, 6.45) is 2.20. The lowest BCUT2D eigenvalue weighted by Gasteiger charge is -2.22. The molecule has 100 valence electrons. The number of rotatable bonds is 5. The van der Waals surface area contributed by atoms with Crippen molar-refractivity contribution in [2.24, 2.45) is 5.92 Å². The molecule has 2 nitrogen and oxygen atoms in total. The quantitative estimate of drug-likeness (QED) is 0.869. The Morgan fingerprint density at radius 3 is 2.89 bits per heavy atom. The first-order valence-corrected chi connectivity index (χ1v) is 8.42. The zero-order chi connectivity index (χ0) is 12.8. The Bertz CT molecular complexity index is 369. The third-order valence-electron chi connectivity index (χ3n) is 3.35. The summed E-state index contributed by atoms with van der Waals surface area (Å²) < 4.78 is 1.02. The highest BCUT2D eigenvalue weighted by Crippen LogP contribution is 2.22. The molecular formula is C14H20BrNOS. The van der Waals surface area contributed by atoms with Gasteiger partial charge in [0.1, 0.15) is 0 Å². The Kier molecular flexibility index (Phi) is 6.02. The van der Waals surface area contributed by atoms with Gasteiger partial charge in [0, 0.05) is 11.0 Å². The van der Waals surface area contributed by atoms with Crippen LogP contribution in [-0.4, -0.2) is 29.7 Å². The van der Waals surface area contributed by atoms with Gasteiger partial charge in [-0.3, -0.25) is 0 Å². The van der Waals surface area contributed by atoms with Crippen LogP contribution in [0.1, 0.15) is 24.5 Å². The molecule has 1 fully saturated rings. The van der Waals surface area contributed by atoms with E-state index in [2.05, 4.69) is 33.0 Å². The summed E-state index contributed by atoms with van der Waals surface area (Å²) in [6.45, 7) is 1.67. The van der Waals surface area contributed by atoms with E-state index in [4.69, 9.17) is 0 Å². The molecule has 0 aliphatic carbocycles. The summed E-state index contributed by atoms with van der Waals surface area (Å²) in [7, 11) is 0. The molecule has 0 aromatic heterocycles.